The van der Waals surface area contributed by atoms with Gasteiger partial charge in [-0.05, 0) is 37.8 Å². The van der Waals surface area contributed by atoms with Crippen molar-refractivity contribution >= 4 is 22.2 Å². The summed E-state index contributed by atoms with van der Waals surface area (Å²) in [5.41, 5.74) is 0.710. The number of pyridine rings is 1. The van der Waals surface area contributed by atoms with Gasteiger partial charge in [0.05, 0.1) is 0 Å². The van der Waals surface area contributed by atoms with Crippen molar-refractivity contribution in [2.45, 2.75) is 37.5 Å². The lowest BCUT2D eigenvalue weighted by Gasteiger charge is -2.31. The number of piperidine rings is 1. The number of hydrogen-bond acceptors (Lipinski definition) is 6. The Kier molecular flexibility index (Phi) is 3.51. The molecular weight excluding hydrogens is 336 g/mol. The van der Waals surface area contributed by atoms with Crippen LogP contribution in [0, 0.1) is 0 Å². The highest BCUT2D eigenvalue weighted by Gasteiger charge is 2.32. The highest BCUT2D eigenvalue weighted by molar-refractivity contribution is 7.16. The summed E-state index contributed by atoms with van der Waals surface area (Å²) in [6.07, 6.45) is 7.61. The summed E-state index contributed by atoms with van der Waals surface area (Å²) in [4.78, 5) is 19.3. The number of carbonyl (C=O) groups excluding carboxylic acids is 1. The topological polar surface area (TPSA) is 76.3 Å². The zero-order valence-corrected chi connectivity index (χ0v) is 14.5. The molecule has 1 aliphatic heterocycles. The van der Waals surface area contributed by atoms with Crippen LogP contribution in [0.5, 0.6) is 0 Å². The Morgan fingerprint density at radius 1 is 1.04 bits per heavy atom. The molecule has 0 radical (unpaired) electrons. The molecule has 0 aromatic carbocycles. The number of carbonyl (C=O) groups is 1. The maximum atomic E-state index is 12.5. The van der Waals surface area contributed by atoms with E-state index in [4.69, 9.17) is 5.10 Å². The zero-order valence-electron chi connectivity index (χ0n) is 13.7. The Balaban J connectivity index is 1.29. The van der Waals surface area contributed by atoms with Gasteiger partial charge in [0.15, 0.2) is 5.82 Å². The van der Waals surface area contributed by atoms with Gasteiger partial charge in [0.1, 0.15) is 5.01 Å². The quantitative estimate of drug-likeness (QED) is 0.722. The molecule has 0 atom stereocenters. The lowest BCUT2D eigenvalue weighted by Crippen LogP contribution is -2.37. The lowest BCUT2D eigenvalue weighted by molar-refractivity contribution is 0.0712. The molecule has 0 N–H and O–H groups in total. The van der Waals surface area contributed by atoms with Crippen LogP contribution in [0.1, 0.15) is 58.7 Å². The molecule has 2 fully saturated rings. The van der Waals surface area contributed by atoms with Gasteiger partial charge >= 0.3 is 0 Å². The van der Waals surface area contributed by atoms with E-state index in [0.717, 1.165) is 41.7 Å². The van der Waals surface area contributed by atoms with E-state index in [-0.39, 0.29) is 5.91 Å². The van der Waals surface area contributed by atoms with E-state index in [1.165, 1.54) is 12.8 Å². The SMILES string of the molecule is O=C(c1ccncc1)N1CCC(c2nn3c(C4CC4)nnc3s2)CC1. The number of likely N-dealkylation sites (tertiary alicyclic amines) is 1. The van der Waals surface area contributed by atoms with Crippen LogP contribution in [0.4, 0.5) is 0 Å². The molecule has 8 heteroatoms. The second-order valence-electron chi connectivity index (χ2n) is 6.77. The summed E-state index contributed by atoms with van der Waals surface area (Å²) in [5.74, 6) is 2.06. The number of nitrogens with zero attached hydrogens (tertiary/aromatic N) is 6. The first-order valence-electron chi connectivity index (χ1n) is 8.71. The number of hydrogen-bond donors (Lipinski definition) is 0. The average molecular weight is 354 g/mol. The maximum Gasteiger partial charge on any atom is 0.253 e. The maximum absolute atomic E-state index is 12.5. The summed E-state index contributed by atoms with van der Waals surface area (Å²) < 4.78 is 1.94. The molecule has 1 aliphatic carbocycles. The lowest BCUT2D eigenvalue weighted by atomic mass is 9.97. The fourth-order valence-corrected chi connectivity index (χ4v) is 4.43. The van der Waals surface area contributed by atoms with Gasteiger partial charge in [-0.25, -0.2) is 0 Å². The fourth-order valence-electron chi connectivity index (χ4n) is 3.41. The van der Waals surface area contributed by atoms with Crippen molar-refractivity contribution in [3.05, 3.63) is 40.9 Å². The molecule has 0 spiro atoms. The molecule has 3 aromatic heterocycles. The highest BCUT2D eigenvalue weighted by atomic mass is 32.1. The highest BCUT2D eigenvalue weighted by Crippen LogP contribution is 2.40. The van der Waals surface area contributed by atoms with Crippen LogP contribution >= 0.6 is 11.3 Å². The van der Waals surface area contributed by atoms with Crippen molar-refractivity contribution in [1.82, 2.24) is 29.7 Å². The van der Waals surface area contributed by atoms with E-state index in [2.05, 4.69) is 15.2 Å². The third kappa shape index (κ3) is 2.70. The Bertz CT molecular complexity index is 908. The predicted octanol–water partition coefficient (Wildman–Crippen LogP) is 2.48. The molecule has 4 heterocycles. The van der Waals surface area contributed by atoms with Crippen molar-refractivity contribution in [1.29, 1.82) is 0 Å². The van der Waals surface area contributed by atoms with Gasteiger partial charge in [-0.15, -0.1) is 10.2 Å². The number of rotatable bonds is 3. The predicted molar refractivity (Wildman–Crippen MR) is 92.7 cm³/mol. The van der Waals surface area contributed by atoms with Gasteiger partial charge in [0.2, 0.25) is 4.96 Å². The minimum atomic E-state index is 0.0926. The molecule has 1 saturated carbocycles. The van der Waals surface area contributed by atoms with Crippen LogP contribution in [0.3, 0.4) is 0 Å². The van der Waals surface area contributed by atoms with Gasteiger partial charge in [-0.1, -0.05) is 11.3 Å². The standard InChI is InChI=1S/C17H18N6OS/c24-16(13-3-7-18-8-4-13)22-9-5-12(6-10-22)15-21-23-14(11-1-2-11)19-20-17(23)25-15/h3-4,7-8,11-12H,1-2,5-6,9-10H2. The van der Waals surface area contributed by atoms with Gasteiger partial charge in [-0.3, -0.25) is 9.78 Å². The molecule has 25 heavy (non-hydrogen) atoms. The Labute approximate surface area is 148 Å². The molecule has 1 saturated heterocycles. The third-order valence-electron chi connectivity index (χ3n) is 5.03. The molecule has 128 valence electrons. The summed E-state index contributed by atoms with van der Waals surface area (Å²) in [6.45, 7) is 1.53. The van der Waals surface area contributed by atoms with E-state index in [1.807, 2.05) is 9.42 Å². The fraction of sp³-hybridized carbons (Fsp3) is 0.471. The van der Waals surface area contributed by atoms with Crippen molar-refractivity contribution in [3.8, 4) is 0 Å². The minimum absolute atomic E-state index is 0.0926. The largest absolute Gasteiger partial charge is 0.339 e. The molecule has 5 rings (SSSR count). The summed E-state index contributed by atoms with van der Waals surface area (Å²) in [6, 6.07) is 3.55. The average Bonchev–Trinajstić information content (AvgIpc) is 3.29. The van der Waals surface area contributed by atoms with Crippen LogP contribution in [0.15, 0.2) is 24.5 Å². The van der Waals surface area contributed by atoms with Crippen molar-refractivity contribution in [2.75, 3.05) is 13.1 Å². The Hall–Kier alpha value is -2.35. The van der Waals surface area contributed by atoms with Crippen LogP contribution in [0.25, 0.3) is 4.96 Å². The van der Waals surface area contributed by atoms with E-state index < -0.39 is 0 Å². The first kappa shape index (κ1) is 14.9. The first-order valence-corrected chi connectivity index (χ1v) is 9.52. The smallest absolute Gasteiger partial charge is 0.253 e. The number of fused-ring (bicyclic) bond motifs is 1. The first-order chi connectivity index (χ1) is 12.3. The van der Waals surface area contributed by atoms with E-state index in [0.29, 0.717) is 17.4 Å². The van der Waals surface area contributed by atoms with Gasteiger partial charge in [-0.2, -0.15) is 9.61 Å². The van der Waals surface area contributed by atoms with Gasteiger partial charge in [0.25, 0.3) is 5.91 Å². The zero-order chi connectivity index (χ0) is 16.8. The molecular formula is C17H18N6OS. The third-order valence-corrected chi connectivity index (χ3v) is 6.09. The second kappa shape index (κ2) is 5.87. The Morgan fingerprint density at radius 3 is 2.52 bits per heavy atom. The summed E-state index contributed by atoms with van der Waals surface area (Å²) >= 11 is 1.64. The molecule has 2 aliphatic rings. The van der Waals surface area contributed by atoms with Crippen molar-refractivity contribution in [3.63, 3.8) is 0 Å². The van der Waals surface area contributed by atoms with Crippen LogP contribution in [0.2, 0.25) is 0 Å². The van der Waals surface area contributed by atoms with Crippen molar-refractivity contribution in [2.24, 2.45) is 0 Å². The molecule has 3 aromatic rings. The summed E-state index contributed by atoms with van der Waals surface area (Å²) in [5, 5.41) is 14.5. The number of aromatic nitrogens is 5. The van der Waals surface area contributed by atoms with Gasteiger partial charge < -0.3 is 4.90 Å². The Morgan fingerprint density at radius 2 is 1.80 bits per heavy atom. The van der Waals surface area contributed by atoms with E-state index in [1.54, 1.807) is 35.9 Å². The van der Waals surface area contributed by atoms with Crippen LogP contribution in [-0.4, -0.2) is 48.7 Å². The second-order valence-corrected chi connectivity index (χ2v) is 7.76. The van der Waals surface area contributed by atoms with Crippen LogP contribution < -0.4 is 0 Å². The van der Waals surface area contributed by atoms with Crippen LogP contribution in [-0.2, 0) is 0 Å². The number of amides is 1. The summed E-state index contributed by atoms with van der Waals surface area (Å²) in [7, 11) is 0. The molecule has 0 bridgehead atoms. The molecule has 7 nitrogen and oxygen atoms in total. The molecule has 0 unspecified atom stereocenters. The van der Waals surface area contributed by atoms with Gasteiger partial charge in [0, 0.05) is 42.9 Å². The van der Waals surface area contributed by atoms with E-state index in [9.17, 15) is 4.79 Å². The van der Waals surface area contributed by atoms with Crippen molar-refractivity contribution < 1.29 is 4.79 Å². The monoisotopic (exact) mass is 354 g/mol. The normalized spacial score (nSPS) is 18.8. The van der Waals surface area contributed by atoms with E-state index >= 15 is 0 Å². The minimum Gasteiger partial charge on any atom is -0.339 e. The molecule has 1 amide bonds.